The van der Waals surface area contributed by atoms with Crippen molar-refractivity contribution in [3.8, 4) is 0 Å². The average Bonchev–Trinajstić information content (AvgIpc) is 2.91. The van der Waals surface area contributed by atoms with E-state index in [-0.39, 0.29) is 6.54 Å². The number of nitrogens with zero attached hydrogens (tertiary/aromatic N) is 1. The van der Waals surface area contributed by atoms with Crippen LogP contribution in [0.1, 0.15) is 6.42 Å². The molecule has 0 amide bonds. The maximum absolute atomic E-state index is 13.4. The molecule has 0 aliphatic rings. The number of aromatic nitrogens is 1. The predicted molar refractivity (Wildman–Crippen MR) is 79.0 cm³/mol. The summed E-state index contributed by atoms with van der Waals surface area (Å²) in [6, 6.07) is 2.94. The molecule has 0 fully saturated rings. The van der Waals surface area contributed by atoms with Crippen molar-refractivity contribution in [3.05, 3.63) is 41.4 Å². The summed E-state index contributed by atoms with van der Waals surface area (Å²) in [7, 11) is -4.18. The molecule has 0 saturated carbocycles. The molecular weight excluding hydrogens is 338 g/mol. The minimum absolute atomic E-state index is 0.106. The van der Waals surface area contributed by atoms with Crippen LogP contribution in [0.15, 0.2) is 39.0 Å². The Labute approximate surface area is 129 Å². The van der Waals surface area contributed by atoms with Crippen molar-refractivity contribution in [2.45, 2.75) is 15.7 Å². The van der Waals surface area contributed by atoms with E-state index in [9.17, 15) is 17.2 Å². The van der Waals surface area contributed by atoms with Gasteiger partial charge in [-0.15, -0.1) is 11.3 Å². The lowest BCUT2D eigenvalue weighted by atomic mass is 10.3. The number of benzene rings is 1. The van der Waals surface area contributed by atoms with Gasteiger partial charge in [0.15, 0.2) is 4.90 Å². The topological polar surface area (TPSA) is 59.1 Å². The molecule has 1 aromatic heterocycles. The fraction of sp³-hybridized carbons (Fsp3) is 0.250. The highest BCUT2D eigenvalue weighted by Gasteiger charge is 2.22. The molecule has 2 rings (SSSR count). The van der Waals surface area contributed by atoms with Crippen LogP contribution in [-0.2, 0) is 10.0 Å². The van der Waals surface area contributed by atoms with Crippen molar-refractivity contribution in [2.75, 3.05) is 12.3 Å². The molecule has 0 atom stereocenters. The largest absolute Gasteiger partial charge is 0.246 e. The SMILES string of the molecule is O=S(=O)(NCCCSc1nccs1)c1c(F)cccc1F. The number of thioether (sulfide) groups is 1. The van der Waals surface area contributed by atoms with Crippen LogP contribution in [0.3, 0.4) is 0 Å². The van der Waals surface area contributed by atoms with Crippen LogP contribution in [0, 0.1) is 11.6 Å². The van der Waals surface area contributed by atoms with Crippen LogP contribution < -0.4 is 4.72 Å². The standard InChI is InChI=1S/C12H12F2N2O2S3/c13-9-3-1-4-10(14)11(9)21(17,18)16-5-2-7-19-12-15-6-8-20-12/h1,3-4,6,8,16H,2,5,7H2. The van der Waals surface area contributed by atoms with E-state index < -0.39 is 26.6 Å². The van der Waals surface area contributed by atoms with Gasteiger partial charge < -0.3 is 0 Å². The monoisotopic (exact) mass is 350 g/mol. The highest BCUT2D eigenvalue weighted by Crippen LogP contribution is 2.21. The van der Waals surface area contributed by atoms with Gasteiger partial charge in [0.25, 0.3) is 0 Å². The lowest BCUT2D eigenvalue weighted by Gasteiger charge is -2.08. The number of hydrogen-bond donors (Lipinski definition) is 1. The lowest BCUT2D eigenvalue weighted by molar-refractivity contribution is 0.514. The third-order valence-electron chi connectivity index (χ3n) is 2.44. The quantitative estimate of drug-likeness (QED) is 0.616. The maximum atomic E-state index is 13.4. The maximum Gasteiger partial charge on any atom is 0.246 e. The Morgan fingerprint density at radius 1 is 1.29 bits per heavy atom. The summed E-state index contributed by atoms with van der Waals surface area (Å²) < 4.78 is 53.7. The third kappa shape index (κ3) is 4.47. The van der Waals surface area contributed by atoms with E-state index in [2.05, 4.69) is 9.71 Å². The molecular formula is C12H12F2N2O2S3. The van der Waals surface area contributed by atoms with Crippen LogP contribution in [0.4, 0.5) is 8.78 Å². The van der Waals surface area contributed by atoms with Crippen LogP contribution in [0.25, 0.3) is 0 Å². The van der Waals surface area contributed by atoms with Gasteiger partial charge >= 0.3 is 0 Å². The van der Waals surface area contributed by atoms with Crippen molar-refractivity contribution in [1.29, 1.82) is 0 Å². The zero-order chi connectivity index (χ0) is 15.3. The van der Waals surface area contributed by atoms with E-state index in [0.717, 1.165) is 22.5 Å². The summed E-state index contributed by atoms with van der Waals surface area (Å²) in [5.41, 5.74) is 0. The first kappa shape index (κ1) is 16.3. The van der Waals surface area contributed by atoms with Gasteiger partial charge in [-0.05, 0) is 18.6 Å². The van der Waals surface area contributed by atoms with Crippen molar-refractivity contribution in [3.63, 3.8) is 0 Å². The highest BCUT2D eigenvalue weighted by atomic mass is 32.2. The van der Waals surface area contributed by atoms with Crippen LogP contribution >= 0.6 is 23.1 Å². The lowest BCUT2D eigenvalue weighted by Crippen LogP contribution is -2.27. The molecule has 1 heterocycles. The van der Waals surface area contributed by atoms with E-state index in [1.165, 1.54) is 23.1 Å². The summed E-state index contributed by atoms with van der Waals surface area (Å²) in [4.78, 5) is 3.14. The zero-order valence-corrected chi connectivity index (χ0v) is 13.2. The molecule has 0 saturated heterocycles. The summed E-state index contributed by atoms with van der Waals surface area (Å²) in [6.07, 6.45) is 2.22. The van der Waals surface area contributed by atoms with Gasteiger partial charge in [-0.1, -0.05) is 17.8 Å². The first-order valence-electron chi connectivity index (χ1n) is 5.96. The number of sulfonamides is 1. The Kier molecular flexibility index (Phi) is 5.68. The predicted octanol–water partition coefficient (Wildman–Crippen LogP) is 2.88. The van der Waals surface area contributed by atoms with Gasteiger partial charge in [0.1, 0.15) is 16.0 Å². The first-order chi connectivity index (χ1) is 10.0. The van der Waals surface area contributed by atoms with Crippen LogP contribution in [0.2, 0.25) is 0 Å². The molecule has 0 spiro atoms. The molecule has 0 bridgehead atoms. The molecule has 0 aliphatic heterocycles. The molecule has 0 aliphatic carbocycles. The Balaban J connectivity index is 1.87. The van der Waals surface area contributed by atoms with Crippen molar-refractivity contribution < 1.29 is 17.2 Å². The average molecular weight is 350 g/mol. The smallest absolute Gasteiger partial charge is 0.238 e. The van der Waals surface area contributed by atoms with Gasteiger partial charge in [0.05, 0.1) is 0 Å². The fourth-order valence-electron chi connectivity index (χ4n) is 1.53. The second kappa shape index (κ2) is 7.30. The van der Waals surface area contributed by atoms with Crippen molar-refractivity contribution in [1.82, 2.24) is 9.71 Å². The normalized spacial score (nSPS) is 11.7. The second-order valence-electron chi connectivity index (χ2n) is 3.95. The molecule has 1 N–H and O–H groups in total. The molecule has 9 heteroatoms. The summed E-state index contributed by atoms with van der Waals surface area (Å²) in [5.74, 6) is -1.53. The Bertz CT molecular complexity index is 670. The molecule has 1 aromatic carbocycles. The van der Waals surface area contributed by atoms with Gasteiger partial charge in [0.2, 0.25) is 10.0 Å². The molecule has 4 nitrogen and oxygen atoms in total. The van der Waals surface area contributed by atoms with Crippen molar-refractivity contribution >= 4 is 33.1 Å². The highest BCUT2D eigenvalue weighted by molar-refractivity contribution is 8.01. The summed E-state index contributed by atoms with van der Waals surface area (Å²) in [6.45, 7) is 0.106. The zero-order valence-electron chi connectivity index (χ0n) is 10.8. The van der Waals surface area contributed by atoms with E-state index in [4.69, 9.17) is 0 Å². The summed E-state index contributed by atoms with van der Waals surface area (Å²) >= 11 is 3.01. The summed E-state index contributed by atoms with van der Waals surface area (Å²) in [5, 5.41) is 1.85. The second-order valence-corrected chi connectivity index (χ2v) is 7.89. The minimum atomic E-state index is -4.18. The molecule has 2 aromatic rings. The van der Waals surface area contributed by atoms with Crippen LogP contribution in [-0.4, -0.2) is 25.7 Å². The van der Waals surface area contributed by atoms with Gasteiger partial charge in [0, 0.05) is 23.9 Å². The number of rotatable bonds is 7. The Morgan fingerprint density at radius 2 is 2.00 bits per heavy atom. The molecule has 0 unspecified atom stereocenters. The third-order valence-corrected chi connectivity index (χ3v) is 6.00. The fourth-order valence-corrected chi connectivity index (χ4v) is 4.39. The van der Waals surface area contributed by atoms with Crippen molar-refractivity contribution in [2.24, 2.45) is 0 Å². The molecule has 0 radical (unpaired) electrons. The van der Waals surface area contributed by atoms with E-state index in [1.54, 1.807) is 6.20 Å². The minimum Gasteiger partial charge on any atom is -0.238 e. The Morgan fingerprint density at radius 3 is 2.62 bits per heavy atom. The van der Waals surface area contributed by atoms with Gasteiger partial charge in [-0.3, -0.25) is 0 Å². The molecule has 21 heavy (non-hydrogen) atoms. The first-order valence-corrected chi connectivity index (χ1v) is 9.31. The van der Waals surface area contributed by atoms with Gasteiger partial charge in [-0.25, -0.2) is 26.9 Å². The Hall–Kier alpha value is -1.03. The molecule has 114 valence electrons. The van der Waals surface area contributed by atoms with Gasteiger partial charge in [-0.2, -0.15) is 0 Å². The number of hydrogen-bond acceptors (Lipinski definition) is 5. The van der Waals surface area contributed by atoms with E-state index in [1.807, 2.05) is 5.38 Å². The van der Waals surface area contributed by atoms with Crippen LogP contribution in [0.5, 0.6) is 0 Å². The van der Waals surface area contributed by atoms with E-state index in [0.29, 0.717) is 12.2 Å². The number of halogens is 2. The number of thiazole rings is 1. The van der Waals surface area contributed by atoms with E-state index >= 15 is 0 Å². The number of nitrogens with one attached hydrogen (secondary N) is 1.